The van der Waals surface area contributed by atoms with E-state index < -0.39 is 6.04 Å². The lowest BCUT2D eigenvalue weighted by atomic mass is 9.99. The number of hydrogen-bond donors (Lipinski definition) is 3. The van der Waals surface area contributed by atoms with Crippen molar-refractivity contribution in [1.29, 1.82) is 0 Å². The molecule has 0 heterocycles. The Kier molecular flexibility index (Phi) is 6.18. The van der Waals surface area contributed by atoms with Crippen molar-refractivity contribution in [2.24, 2.45) is 11.7 Å². The first kappa shape index (κ1) is 16.2. The number of anilines is 2. The maximum Gasteiger partial charge on any atom is 0.241 e. The van der Waals surface area contributed by atoms with E-state index in [2.05, 4.69) is 10.6 Å². The molecule has 0 aliphatic rings. The summed E-state index contributed by atoms with van der Waals surface area (Å²) in [6, 6.07) is 6.50. The van der Waals surface area contributed by atoms with Crippen molar-refractivity contribution in [2.75, 3.05) is 10.6 Å². The third-order valence-corrected chi connectivity index (χ3v) is 3.29. The van der Waals surface area contributed by atoms with Gasteiger partial charge in [0.25, 0.3) is 0 Å². The fourth-order valence-electron chi connectivity index (χ4n) is 1.66. The minimum absolute atomic E-state index is 0.0650. The molecule has 0 aromatic heterocycles. The summed E-state index contributed by atoms with van der Waals surface area (Å²) in [7, 11) is 0. The summed E-state index contributed by atoms with van der Waals surface area (Å²) < 4.78 is 0. The first-order valence-electron chi connectivity index (χ1n) is 6.94. The number of hydrogen-bond acceptors (Lipinski definition) is 3. The third kappa shape index (κ3) is 4.66. The van der Waals surface area contributed by atoms with Crippen LogP contribution >= 0.6 is 0 Å². The molecule has 5 heteroatoms. The summed E-state index contributed by atoms with van der Waals surface area (Å²) in [6.07, 6.45) is 1.26. The topological polar surface area (TPSA) is 84.2 Å². The highest BCUT2D eigenvalue weighted by atomic mass is 16.2. The van der Waals surface area contributed by atoms with Gasteiger partial charge in [0.2, 0.25) is 11.8 Å². The lowest BCUT2D eigenvalue weighted by molar-refractivity contribution is -0.118. The largest absolute Gasteiger partial charge is 0.326 e. The zero-order chi connectivity index (χ0) is 15.1. The smallest absolute Gasteiger partial charge is 0.241 e. The van der Waals surface area contributed by atoms with Crippen LogP contribution in [0.25, 0.3) is 0 Å². The number of carbonyl (C=O) groups excluding carboxylic acids is 2. The van der Waals surface area contributed by atoms with Crippen LogP contribution in [-0.2, 0) is 9.59 Å². The molecule has 5 nitrogen and oxygen atoms in total. The number of nitrogens with two attached hydrogens (primary N) is 1. The average Bonchev–Trinajstić information content (AvgIpc) is 2.45. The second-order valence-corrected chi connectivity index (χ2v) is 4.88. The molecular formula is C15H23N3O2. The van der Waals surface area contributed by atoms with Crippen molar-refractivity contribution in [3.05, 3.63) is 24.3 Å². The van der Waals surface area contributed by atoms with E-state index in [0.717, 1.165) is 6.42 Å². The summed E-state index contributed by atoms with van der Waals surface area (Å²) in [5.41, 5.74) is 7.16. The van der Waals surface area contributed by atoms with E-state index in [4.69, 9.17) is 5.73 Å². The molecule has 0 bridgehead atoms. The Morgan fingerprint density at radius 1 is 1.20 bits per heavy atom. The second-order valence-electron chi connectivity index (χ2n) is 4.88. The Balaban J connectivity index is 2.71. The molecule has 2 amide bonds. The van der Waals surface area contributed by atoms with Gasteiger partial charge in [-0.25, -0.2) is 0 Å². The van der Waals surface area contributed by atoms with Gasteiger partial charge in [0.1, 0.15) is 0 Å². The monoisotopic (exact) mass is 277 g/mol. The lowest BCUT2D eigenvalue weighted by Crippen LogP contribution is -2.40. The molecule has 0 saturated heterocycles. The molecule has 0 aliphatic carbocycles. The van der Waals surface area contributed by atoms with E-state index in [-0.39, 0.29) is 17.7 Å². The van der Waals surface area contributed by atoms with E-state index >= 15 is 0 Å². The first-order valence-corrected chi connectivity index (χ1v) is 6.94. The van der Waals surface area contributed by atoms with Gasteiger partial charge < -0.3 is 16.4 Å². The van der Waals surface area contributed by atoms with E-state index in [9.17, 15) is 9.59 Å². The van der Waals surface area contributed by atoms with Crippen LogP contribution in [0.4, 0.5) is 11.4 Å². The number of rotatable bonds is 6. The molecule has 0 aliphatic heterocycles. The molecule has 0 spiro atoms. The number of benzene rings is 1. The first-order chi connectivity index (χ1) is 9.47. The van der Waals surface area contributed by atoms with Crippen LogP contribution in [0.2, 0.25) is 0 Å². The van der Waals surface area contributed by atoms with Gasteiger partial charge in [-0.3, -0.25) is 9.59 Å². The zero-order valence-corrected chi connectivity index (χ0v) is 12.3. The zero-order valence-electron chi connectivity index (χ0n) is 12.3. The van der Waals surface area contributed by atoms with Crippen LogP contribution in [0.15, 0.2) is 24.3 Å². The number of amides is 2. The minimum atomic E-state index is -0.533. The van der Waals surface area contributed by atoms with E-state index in [1.807, 2.05) is 13.8 Å². The normalized spacial score (nSPS) is 13.4. The molecule has 0 unspecified atom stereocenters. The Labute approximate surface area is 119 Å². The van der Waals surface area contributed by atoms with Gasteiger partial charge in [-0.2, -0.15) is 0 Å². The van der Waals surface area contributed by atoms with Crippen LogP contribution in [0.1, 0.15) is 33.6 Å². The van der Waals surface area contributed by atoms with Crippen molar-refractivity contribution in [1.82, 2.24) is 0 Å². The van der Waals surface area contributed by atoms with Crippen LogP contribution in [0, 0.1) is 5.92 Å². The standard InChI is InChI=1S/C15H23N3O2/c1-4-10(3)14(16)15(20)18-12-8-6-7-11(9-12)17-13(19)5-2/h6-10,14H,4-5,16H2,1-3H3,(H,17,19)(H,18,20)/t10-,14-/m0/s1. The predicted molar refractivity (Wildman–Crippen MR) is 81.4 cm³/mol. The van der Waals surface area contributed by atoms with Gasteiger partial charge in [-0.1, -0.05) is 33.3 Å². The lowest BCUT2D eigenvalue weighted by Gasteiger charge is -2.18. The molecule has 1 aromatic carbocycles. The summed E-state index contributed by atoms with van der Waals surface area (Å²) in [5.74, 6) is -0.152. The van der Waals surface area contributed by atoms with Crippen molar-refractivity contribution in [3.8, 4) is 0 Å². The van der Waals surface area contributed by atoms with Crippen LogP contribution in [0.5, 0.6) is 0 Å². The van der Waals surface area contributed by atoms with Gasteiger partial charge in [0.05, 0.1) is 6.04 Å². The number of carbonyl (C=O) groups is 2. The second kappa shape index (κ2) is 7.65. The van der Waals surface area contributed by atoms with E-state index in [1.165, 1.54) is 0 Å². The van der Waals surface area contributed by atoms with Crippen molar-refractivity contribution >= 4 is 23.2 Å². The Hall–Kier alpha value is -1.88. The van der Waals surface area contributed by atoms with Gasteiger partial charge >= 0.3 is 0 Å². The quantitative estimate of drug-likeness (QED) is 0.746. The Bertz CT molecular complexity index is 474. The van der Waals surface area contributed by atoms with E-state index in [1.54, 1.807) is 31.2 Å². The van der Waals surface area contributed by atoms with Gasteiger partial charge in [0, 0.05) is 17.8 Å². The fourth-order valence-corrected chi connectivity index (χ4v) is 1.66. The van der Waals surface area contributed by atoms with Crippen LogP contribution in [-0.4, -0.2) is 17.9 Å². The summed E-state index contributed by atoms with van der Waals surface area (Å²) in [6.45, 7) is 5.73. The van der Waals surface area contributed by atoms with Crippen molar-refractivity contribution < 1.29 is 9.59 Å². The number of nitrogens with one attached hydrogen (secondary N) is 2. The van der Waals surface area contributed by atoms with Gasteiger partial charge in [-0.05, 0) is 24.1 Å². The molecule has 0 saturated carbocycles. The van der Waals surface area contributed by atoms with Gasteiger partial charge in [-0.15, -0.1) is 0 Å². The SMILES string of the molecule is CCC(=O)Nc1cccc(NC(=O)[C@@H](N)[C@@H](C)CC)c1. The predicted octanol–water partition coefficient (Wildman–Crippen LogP) is 2.35. The molecule has 110 valence electrons. The van der Waals surface area contributed by atoms with Crippen LogP contribution in [0.3, 0.4) is 0 Å². The third-order valence-electron chi connectivity index (χ3n) is 3.29. The molecule has 1 aromatic rings. The highest BCUT2D eigenvalue weighted by molar-refractivity contribution is 5.96. The van der Waals surface area contributed by atoms with Gasteiger partial charge in [0.15, 0.2) is 0 Å². The molecule has 4 N–H and O–H groups in total. The molecule has 0 radical (unpaired) electrons. The Morgan fingerprint density at radius 3 is 2.35 bits per heavy atom. The maximum absolute atomic E-state index is 12.0. The van der Waals surface area contributed by atoms with Crippen molar-refractivity contribution in [3.63, 3.8) is 0 Å². The molecule has 20 heavy (non-hydrogen) atoms. The van der Waals surface area contributed by atoms with Crippen LogP contribution < -0.4 is 16.4 Å². The minimum Gasteiger partial charge on any atom is -0.326 e. The molecule has 2 atom stereocenters. The highest BCUT2D eigenvalue weighted by Crippen LogP contribution is 2.16. The van der Waals surface area contributed by atoms with Crippen molar-refractivity contribution in [2.45, 2.75) is 39.7 Å². The molecule has 0 fully saturated rings. The average molecular weight is 277 g/mol. The summed E-state index contributed by atoms with van der Waals surface area (Å²) in [4.78, 5) is 23.3. The molecule has 1 rings (SSSR count). The highest BCUT2D eigenvalue weighted by Gasteiger charge is 2.19. The van der Waals surface area contributed by atoms with E-state index in [0.29, 0.717) is 17.8 Å². The maximum atomic E-state index is 12.0. The summed E-state index contributed by atoms with van der Waals surface area (Å²) in [5, 5.41) is 5.52. The molecular weight excluding hydrogens is 254 g/mol. The Morgan fingerprint density at radius 2 is 1.80 bits per heavy atom. The fraction of sp³-hybridized carbons (Fsp3) is 0.467. The summed E-state index contributed by atoms with van der Waals surface area (Å²) >= 11 is 0.